The third-order valence-corrected chi connectivity index (χ3v) is 6.10. The van der Waals surface area contributed by atoms with Crippen molar-refractivity contribution in [3.05, 3.63) is 47.8 Å². The molecule has 6 nitrogen and oxygen atoms in total. The van der Waals surface area contributed by atoms with Crippen molar-refractivity contribution >= 4 is 22.7 Å². The highest BCUT2D eigenvalue weighted by atomic mass is 16.3. The van der Waals surface area contributed by atoms with Crippen molar-refractivity contribution in [1.29, 1.82) is 0 Å². The quantitative estimate of drug-likeness (QED) is 0.468. The van der Waals surface area contributed by atoms with Crippen molar-refractivity contribution in [2.45, 2.75) is 51.7 Å². The number of fused-ring (bicyclic) bond motifs is 1. The van der Waals surface area contributed by atoms with E-state index >= 15 is 0 Å². The first-order valence-corrected chi connectivity index (χ1v) is 10.5. The monoisotopic (exact) mass is 403 g/mol. The highest BCUT2D eigenvalue weighted by molar-refractivity contribution is 5.83. The molecule has 0 saturated heterocycles. The van der Waals surface area contributed by atoms with E-state index < -0.39 is 0 Å². The fourth-order valence-corrected chi connectivity index (χ4v) is 4.27. The average molecular weight is 404 g/mol. The van der Waals surface area contributed by atoms with Crippen molar-refractivity contribution in [3.8, 4) is 12.3 Å². The Bertz CT molecular complexity index is 1060. The number of benzene rings is 1. The molecule has 0 bridgehead atoms. The minimum atomic E-state index is -0.269. The molecule has 1 saturated carbocycles. The summed E-state index contributed by atoms with van der Waals surface area (Å²) in [6.45, 7) is 4.93. The third kappa shape index (κ3) is 4.27. The summed E-state index contributed by atoms with van der Waals surface area (Å²) in [6.07, 6.45) is 12.5. The van der Waals surface area contributed by atoms with Crippen molar-refractivity contribution in [1.82, 2.24) is 15.0 Å². The van der Waals surface area contributed by atoms with E-state index in [9.17, 15) is 5.11 Å². The summed E-state index contributed by atoms with van der Waals surface area (Å²) in [4.78, 5) is 12.3. The fraction of sp³-hybridized carbons (Fsp3) is 0.417. The van der Waals surface area contributed by atoms with Gasteiger partial charge in [0.1, 0.15) is 5.82 Å². The molecule has 1 fully saturated rings. The molecule has 4 rings (SSSR count). The molecule has 2 heterocycles. The molecular formula is C24H29N5O. The molecule has 1 aliphatic carbocycles. The van der Waals surface area contributed by atoms with E-state index in [2.05, 4.69) is 69.7 Å². The SMILES string of the molecule is C#Cc1cnc(NCCc2c[nH]c3ccccc23)nc1N[C@@H]1CC[C@H](O)C(C)(C)C1. The molecule has 0 radical (unpaired) electrons. The van der Waals surface area contributed by atoms with Gasteiger partial charge in [-0.2, -0.15) is 4.98 Å². The van der Waals surface area contributed by atoms with Crippen LogP contribution in [0.2, 0.25) is 0 Å². The minimum absolute atomic E-state index is 0.125. The summed E-state index contributed by atoms with van der Waals surface area (Å²) >= 11 is 0. The molecule has 0 amide bonds. The summed E-state index contributed by atoms with van der Waals surface area (Å²) < 4.78 is 0. The number of aliphatic hydroxyl groups is 1. The number of terminal acetylenes is 1. The van der Waals surface area contributed by atoms with Crippen LogP contribution in [0.1, 0.15) is 44.2 Å². The van der Waals surface area contributed by atoms with Crippen molar-refractivity contribution in [3.63, 3.8) is 0 Å². The van der Waals surface area contributed by atoms with Crippen molar-refractivity contribution in [2.75, 3.05) is 17.2 Å². The molecule has 4 N–H and O–H groups in total. The van der Waals surface area contributed by atoms with E-state index in [1.807, 2.05) is 6.07 Å². The van der Waals surface area contributed by atoms with Gasteiger partial charge in [-0.25, -0.2) is 4.98 Å². The van der Waals surface area contributed by atoms with Gasteiger partial charge >= 0.3 is 0 Å². The first-order valence-electron chi connectivity index (χ1n) is 10.5. The number of hydrogen-bond acceptors (Lipinski definition) is 5. The summed E-state index contributed by atoms with van der Waals surface area (Å²) in [5, 5.41) is 18.3. The lowest BCUT2D eigenvalue weighted by molar-refractivity contribution is 0.00926. The Morgan fingerprint density at radius 2 is 2.13 bits per heavy atom. The van der Waals surface area contributed by atoms with E-state index in [1.165, 1.54) is 10.9 Å². The molecular weight excluding hydrogens is 374 g/mol. The number of hydrogen-bond donors (Lipinski definition) is 4. The van der Waals surface area contributed by atoms with Crippen LogP contribution in [-0.2, 0) is 6.42 Å². The number of rotatable bonds is 6. The number of aromatic nitrogens is 3. The zero-order chi connectivity index (χ0) is 21.1. The summed E-state index contributed by atoms with van der Waals surface area (Å²) in [5.41, 5.74) is 2.94. The molecule has 1 aliphatic rings. The Balaban J connectivity index is 1.42. The zero-order valence-electron chi connectivity index (χ0n) is 17.6. The van der Waals surface area contributed by atoms with Crippen LogP contribution in [-0.4, -0.2) is 38.7 Å². The molecule has 6 heteroatoms. The van der Waals surface area contributed by atoms with Crippen LogP contribution in [0, 0.1) is 17.8 Å². The van der Waals surface area contributed by atoms with E-state index in [1.54, 1.807) is 6.20 Å². The largest absolute Gasteiger partial charge is 0.393 e. The topological polar surface area (TPSA) is 85.9 Å². The Morgan fingerprint density at radius 3 is 2.93 bits per heavy atom. The minimum Gasteiger partial charge on any atom is -0.393 e. The number of H-pyrrole nitrogens is 1. The second kappa shape index (κ2) is 8.37. The number of nitrogens with one attached hydrogen (secondary N) is 3. The van der Waals surface area contributed by atoms with Crippen molar-refractivity contribution in [2.24, 2.45) is 5.41 Å². The van der Waals surface area contributed by atoms with Gasteiger partial charge in [0.05, 0.1) is 17.9 Å². The molecule has 2 atom stereocenters. The summed E-state index contributed by atoms with van der Waals surface area (Å²) in [7, 11) is 0. The molecule has 2 aromatic heterocycles. The second-order valence-electron chi connectivity index (χ2n) is 8.76. The van der Waals surface area contributed by atoms with E-state index in [0.29, 0.717) is 17.3 Å². The maximum atomic E-state index is 10.2. The molecule has 0 spiro atoms. The lowest BCUT2D eigenvalue weighted by Gasteiger charge is -2.40. The van der Waals surface area contributed by atoms with Gasteiger partial charge in [0.25, 0.3) is 0 Å². The maximum absolute atomic E-state index is 10.2. The predicted octanol–water partition coefficient (Wildman–Crippen LogP) is 3.95. The first kappa shape index (κ1) is 20.2. The van der Waals surface area contributed by atoms with Gasteiger partial charge in [0.15, 0.2) is 0 Å². The van der Waals surface area contributed by atoms with Gasteiger partial charge in [0, 0.05) is 29.7 Å². The van der Waals surface area contributed by atoms with E-state index in [-0.39, 0.29) is 17.6 Å². The third-order valence-electron chi connectivity index (χ3n) is 6.10. The van der Waals surface area contributed by atoms with Crippen LogP contribution in [0.3, 0.4) is 0 Å². The Morgan fingerprint density at radius 1 is 1.30 bits per heavy atom. The summed E-state index contributed by atoms with van der Waals surface area (Å²) in [5.74, 6) is 3.91. The van der Waals surface area contributed by atoms with Crippen LogP contribution < -0.4 is 10.6 Å². The van der Waals surface area contributed by atoms with E-state index in [0.717, 1.165) is 37.7 Å². The van der Waals surface area contributed by atoms with Gasteiger partial charge < -0.3 is 20.7 Å². The second-order valence-corrected chi connectivity index (χ2v) is 8.76. The average Bonchev–Trinajstić information content (AvgIpc) is 3.14. The highest BCUT2D eigenvalue weighted by Gasteiger charge is 2.35. The lowest BCUT2D eigenvalue weighted by Crippen LogP contribution is -2.41. The zero-order valence-corrected chi connectivity index (χ0v) is 17.6. The molecule has 3 aromatic rings. The van der Waals surface area contributed by atoms with Gasteiger partial charge in [-0.15, -0.1) is 6.42 Å². The van der Waals surface area contributed by atoms with Crippen LogP contribution in [0.5, 0.6) is 0 Å². The molecule has 1 aromatic carbocycles. The molecule has 0 aliphatic heterocycles. The number of anilines is 2. The normalized spacial score (nSPS) is 20.6. The highest BCUT2D eigenvalue weighted by Crippen LogP contribution is 2.37. The van der Waals surface area contributed by atoms with Crippen LogP contribution in [0.15, 0.2) is 36.7 Å². The molecule has 30 heavy (non-hydrogen) atoms. The Kier molecular flexibility index (Phi) is 5.65. The molecule has 0 unspecified atom stereocenters. The Hall–Kier alpha value is -3.04. The predicted molar refractivity (Wildman–Crippen MR) is 122 cm³/mol. The van der Waals surface area contributed by atoms with Crippen molar-refractivity contribution < 1.29 is 5.11 Å². The van der Waals surface area contributed by atoms with Crippen LogP contribution in [0.4, 0.5) is 11.8 Å². The van der Waals surface area contributed by atoms with Gasteiger partial charge in [-0.1, -0.05) is 38.0 Å². The lowest BCUT2D eigenvalue weighted by atomic mass is 9.73. The smallest absolute Gasteiger partial charge is 0.224 e. The van der Waals surface area contributed by atoms with Gasteiger partial charge in [-0.3, -0.25) is 0 Å². The fourth-order valence-electron chi connectivity index (χ4n) is 4.27. The summed E-state index contributed by atoms with van der Waals surface area (Å²) in [6, 6.07) is 8.52. The molecule has 156 valence electrons. The van der Waals surface area contributed by atoms with E-state index in [4.69, 9.17) is 6.42 Å². The standard InChI is InChI=1S/C24H29N5O/c1-4-16-14-27-23(25-12-11-17-15-26-20-8-6-5-7-19(17)20)29-22(16)28-18-9-10-21(30)24(2,3)13-18/h1,5-8,14-15,18,21,26,30H,9-13H2,2-3H3,(H2,25,27,28,29)/t18-,21+/m1/s1. The Labute approximate surface area is 177 Å². The maximum Gasteiger partial charge on any atom is 0.224 e. The van der Waals surface area contributed by atoms with Gasteiger partial charge in [0.2, 0.25) is 5.95 Å². The van der Waals surface area contributed by atoms with Gasteiger partial charge in [-0.05, 0) is 42.7 Å². The number of nitrogens with zero attached hydrogens (tertiary/aromatic N) is 2. The van der Waals surface area contributed by atoms with Crippen LogP contribution >= 0.6 is 0 Å². The van der Waals surface area contributed by atoms with Crippen LogP contribution in [0.25, 0.3) is 10.9 Å². The number of aliphatic hydroxyl groups excluding tert-OH is 1. The number of aromatic amines is 1. The first-order chi connectivity index (χ1) is 14.5. The number of para-hydroxylation sites is 1.